The Kier molecular flexibility index (Phi) is 8.02. The maximum atomic E-state index is 14.7. The van der Waals surface area contributed by atoms with Gasteiger partial charge in [0.2, 0.25) is 0 Å². The molecular formula is C25H34ClFO. The Bertz CT molecular complexity index is 701. The quantitative estimate of drug-likeness (QED) is 0.416. The topological polar surface area (TPSA) is 9.23 Å². The lowest BCUT2D eigenvalue weighted by Gasteiger charge is -2.35. The summed E-state index contributed by atoms with van der Waals surface area (Å²) in [6, 6.07) is 3.63. The number of halogens is 2. The molecule has 1 aromatic carbocycles. The molecule has 0 aliphatic heterocycles. The summed E-state index contributed by atoms with van der Waals surface area (Å²) in [6.07, 6.45) is 18.0. The molecule has 0 heterocycles. The molecule has 1 nitrogen and oxygen atoms in total. The van der Waals surface area contributed by atoms with Gasteiger partial charge in [0, 0.05) is 5.56 Å². The minimum absolute atomic E-state index is 0.110. The normalized spacial score (nSPS) is 25.7. The Labute approximate surface area is 175 Å². The average molecular weight is 405 g/mol. The van der Waals surface area contributed by atoms with Gasteiger partial charge in [-0.05, 0) is 94.3 Å². The molecule has 0 spiro atoms. The standard InChI is InChI=1S/C25H34ClFO/c1-3-5-6-7-18-8-10-19(11-9-18)20-12-14-21(15-13-20)22-16-17-23(28-4-2)24(26)25(22)27/h3,5,14,16-20H,4,6-13,15H2,1-2H3. The predicted octanol–water partition coefficient (Wildman–Crippen LogP) is 8.22. The van der Waals surface area contributed by atoms with Crippen molar-refractivity contribution in [3.63, 3.8) is 0 Å². The Morgan fingerprint density at radius 2 is 1.93 bits per heavy atom. The van der Waals surface area contributed by atoms with Gasteiger partial charge in [-0.15, -0.1) is 0 Å². The smallest absolute Gasteiger partial charge is 0.153 e. The SMILES string of the molecule is CC=CCCC1CCC(C2CC=C(c3ccc(OCC)c(Cl)c3F)CC2)CC1. The molecule has 0 bridgehead atoms. The van der Waals surface area contributed by atoms with Gasteiger partial charge >= 0.3 is 0 Å². The van der Waals surface area contributed by atoms with Crippen molar-refractivity contribution in [1.29, 1.82) is 0 Å². The summed E-state index contributed by atoms with van der Waals surface area (Å²) < 4.78 is 20.1. The molecule has 154 valence electrons. The minimum atomic E-state index is -0.334. The molecule has 2 aliphatic carbocycles. The summed E-state index contributed by atoms with van der Waals surface area (Å²) in [4.78, 5) is 0. The predicted molar refractivity (Wildman–Crippen MR) is 117 cm³/mol. The number of hydrogen-bond acceptors (Lipinski definition) is 1. The molecule has 3 rings (SSSR count). The zero-order valence-corrected chi connectivity index (χ0v) is 18.1. The molecule has 1 saturated carbocycles. The fourth-order valence-electron chi connectivity index (χ4n) is 5.02. The molecule has 28 heavy (non-hydrogen) atoms. The van der Waals surface area contributed by atoms with Crippen LogP contribution in [-0.4, -0.2) is 6.61 Å². The molecule has 3 heteroatoms. The molecule has 1 aromatic rings. The molecule has 1 fully saturated rings. The number of benzene rings is 1. The van der Waals surface area contributed by atoms with E-state index in [2.05, 4.69) is 25.2 Å². The van der Waals surface area contributed by atoms with E-state index in [9.17, 15) is 4.39 Å². The molecular weight excluding hydrogens is 371 g/mol. The van der Waals surface area contributed by atoms with Gasteiger partial charge in [0.25, 0.3) is 0 Å². The summed E-state index contributed by atoms with van der Waals surface area (Å²) in [5, 5.41) is 0.110. The van der Waals surface area contributed by atoms with Crippen LogP contribution < -0.4 is 4.74 Å². The van der Waals surface area contributed by atoms with E-state index in [1.807, 2.05) is 13.0 Å². The molecule has 0 radical (unpaired) electrons. The molecule has 0 N–H and O–H groups in total. The summed E-state index contributed by atoms with van der Waals surface area (Å²) in [6.45, 7) is 4.47. The lowest BCUT2D eigenvalue weighted by atomic mass is 9.70. The van der Waals surface area contributed by atoms with Crippen LogP contribution in [0.25, 0.3) is 5.57 Å². The average Bonchev–Trinajstić information content (AvgIpc) is 2.73. The maximum Gasteiger partial charge on any atom is 0.153 e. The highest BCUT2D eigenvalue weighted by atomic mass is 35.5. The first-order valence-electron chi connectivity index (χ1n) is 11.0. The lowest BCUT2D eigenvalue weighted by molar-refractivity contribution is 0.190. The number of allylic oxidation sites excluding steroid dienone is 4. The van der Waals surface area contributed by atoms with E-state index in [0.717, 1.165) is 36.2 Å². The monoisotopic (exact) mass is 404 g/mol. The highest BCUT2D eigenvalue weighted by Crippen LogP contribution is 2.43. The Morgan fingerprint density at radius 1 is 1.14 bits per heavy atom. The van der Waals surface area contributed by atoms with E-state index in [0.29, 0.717) is 17.9 Å². The van der Waals surface area contributed by atoms with Crippen molar-refractivity contribution < 1.29 is 9.13 Å². The van der Waals surface area contributed by atoms with Crippen LogP contribution in [0.1, 0.15) is 77.2 Å². The number of rotatable bonds is 7. The molecule has 2 aliphatic rings. The van der Waals surface area contributed by atoms with Gasteiger partial charge in [0.05, 0.1) is 6.61 Å². The van der Waals surface area contributed by atoms with Crippen LogP contribution in [0.5, 0.6) is 5.75 Å². The van der Waals surface area contributed by atoms with Gasteiger partial charge in [-0.3, -0.25) is 0 Å². The van der Waals surface area contributed by atoms with Crippen LogP contribution in [0.4, 0.5) is 4.39 Å². The van der Waals surface area contributed by atoms with Gasteiger partial charge in [-0.2, -0.15) is 0 Å². The highest BCUT2D eigenvalue weighted by molar-refractivity contribution is 6.32. The van der Waals surface area contributed by atoms with E-state index in [1.54, 1.807) is 6.07 Å². The van der Waals surface area contributed by atoms with Crippen LogP contribution >= 0.6 is 11.6 Å². The van der Waals surface area contributed by atoms with Crippen LogP contribution in [0, 0.1) is 23.6 Å². The zero-order valence-electron chi connectivity index (χ0n) is 17.4. The third kappa shape index (κ3) is 5.20. The first-order valence-corrected chi connectivity index (χ1v) is 11.4. The van der Waals surface area contributed by atoms with Crippen LogP contribution in [0.15, 0.2) is 30.4 Å². The van der Waals surface area contributed by atoms with Gasteiger partial charge in [0.15, 0.2) is 5.82 Å². The van der Waals surface area contributed by atoms with Crippen molar-refractivity contribution in [2.24, 2.45) is 17.8 Å². The fraction of sp³-hybridized carbons (Fsp3) is 0.600. The zero-order chi connectivity index (χ0) is 19.9. The van der Waals surface area contributed by atoms with Gasteiger partial charge in [-0.1, -0.05) is 42.7 Å². The molecule has 0 amide bonds. The van der Waals surface area contributed by atoms with Crippen molar-refractivity contribution in [2.45, 2.75) is 71.6 Å². The summed E-state index contributed by atoms with van der Waals surface area (Å²) in [7, 11) is 0. The third-order valence-electron chi connectivity index (χ3n) is 6.68. The van der Waals surface area contributed by atoms with Crippen LogP contribution in [-0.2, 0) is 0 Å². The van der Waals surface area contributed by atoms with Gasteiger partial charge in [0.1, 0.15) is 10.8 Å². The van der Waals surface area contributed by atoms with Crippen molar-refractivity contribution in [2.75, 3.05) is 6.61 Å². The first kappa shape index (κ1) is 21.4. The second-order valence-corrected chi connectivity index (χ2v) is 8.74. The minimum Gasteiger partial charge on any atom is -0.492 e. The van der Waals surface area contributed by atoms with E-state index in [4.69, 9.17) is 16.3 Å². The first-order chi connectivity index (χ1) is 13.6. The number of hydrogen-bond donors (Lipinski definition) is 0. The third-order valence-corrected chi connectivity index (χ3v) is 7.03. The molecule has 0 aromatic heterocycles. The van der Waals surface area contributed by atoms with Crippen molar-refractivity contribution in [3.8, 4) is 5.75 Å². The Hall–Kier alpha value is -1.28. The van der Waals surface area contributed by atoms with Crippen molar-refractivity contribution in [3.05, 3.63) is 46.8 Å². The Morgan fingerprint density at radius 3 is 2.57 bits per heavy atom. The second kappa shape index (κ2) is 10.5. The molecule has 1 atom stereocenters. The maximum absolute atomic E-state index is 14.7. The number of ether oxygens (including phenoxy) is 1. The van der Waals surface area contributed by atoms with Crippen molar-refractivity contribution in [1.82, 2.24) is 0 Å². The summed E-state index contributed by atoms with van der Waals surface area (Å²) >= 11 is 6.17. The van der Waals surface area contributed by atoms with E-state index < -0.39 is 0 Å². The fourth-order valence-corrected chi connectivity index (χ4v) is 5.24. The van der Waals surface area contributed by atoms with Gasteiger partial charge in [-0.25, -0.2) is 4.39 Å². The summed E-state index contributed by atoms with van der Waals surface area (Å²) in [5.74, 6) is 2.64. The highest BCUT2D eigenvalue weighted by Gasteiger charge is 2.29. The van der Waals surface area contributed by atoms with E-state index in [-0.39, 0.29) is 10.8 Å². The van der Waals surface area contributed by atoms with Crippen LogP contribution in [0.2, 0.25) is 5.02 Å². The largest absolute Gasteiger partial charge is 0.492 e. The van der Waals surface area contributed by atoms with Crippen molar-refractivity contribution >= 4 is 17.2 Å². The van der Waals surface area contributed by atoms with E-state index >= 15 is 0 Å². The summed E-state index contributed by atoms with van der Waals surface area (Å²) in [5.41, 5.74) is 1.76. The Balaban J connectivity index is 1.56. The molecule has 0 saturated heterocycles. The molecule has 1 unspecified atom stereocenters. The van der Waals surface area contributed by atoms with Gasteiger partial charge < -0.3 is 4.74 Å². The second-order valence-electron chi connectivity index (χ2n) is 8.36. The van der Waals surface area contributed by atoms with E-state index in [1.165, 1.54) is 44.9 Å². The lowest BCUT2D eigenvalue weighted by Crippen LogP contribution is -2.23. The van der Waals surface area contributed by atoms with Crippen LogP contribution in [0.3, 0.4) is 0 Å².